The van der Waals surface area contributed by atoms with Gasteiger partial charge in [-0.15, -0.1) is 0 Å². The van der Waals surface area contributed by atoms with Crippen LogP contribution in [0.3, 0.4) is 0 Å². The molecule has 1 heterocycles. The van der Waals surface area contributed by atoms with Crippen molar-refractivity contribution in [3.05, 3.63) is 24.3 Å². The zero-order valence-corrected chi connectivity index (χ0v) is 8.86. The second-order valence-corrected chi connectivity index (χ2v) is 3.96. The van der Waals surface area contributed by atoms with Crippen LogP contribution in [0.5, 0.6) is 0 Å². The summed E-state index contributed by atoms with van der Waals surface area (Å²) in [6.45, 7) is 6.16. The van der Waals surface area contributed by atoms with E-state index in [-0.39, 0.29) is 6.04 Å². The molecule has 2 N–H and O–H groups in total. The van der Waals surface area contributed by atoms with Crippen molar-refractivity contribution >= 4 is 0 Å². The molecule has 0 spiro atoms. The van der Waals surface area contributed by atoms with E-state index in [1.165, 1.54) is 6.33 Å². The zero-order chi connectivity index (χ0) is 10.6. The van der Waals surface area contributed by atoms with Crippen LogP contribution in [0.15, 0.2) is 18.6 Å². The number of hydrogen-bond donors (Lipinski definition) is 2. The molecule has 0 aliphatic heterocycles. The molecule has 1 unspecified atom stereocenters. The summed E-state index contributed by atoms with van der Waals surface area (Å²) in [5, 5.41) is 12.9. The fraction of sp³-hybridized carbons (Fsp3) is 0.600. The molecule has 0 bridgehead atoms. The van der Waals surface area contributed by atoms with Crippen molar-refractivity contribution in [3.8, 4) is 0 Å². The lowest BCUT2D eigenvalue weighted by molar-refractivity contribution is 0.0436. The first-order valence-electron chi connectivity index (χ1n) is 4.71. The first-order chi connectivity index (χ1) is 6.50. The summed E-state index contributed by atoms with van der Waals surface area (Å²) in [6, 6.07) is 1.88. The Kier molecular flexibility index (Phi) is 3.55. The monoisotopic (exact) mass is 195 g/mol. The van der Waals surface area contributed by atoms with E-state index in [4.69, 9.17) is 0 Å². The van der Waals surface area contributed by atoms with Crippen LogP contribution in [-0.4, -0.2) is 26.7 Å². The van der Waals surface area contributed by atoms with E-state index < -0.39 is 5.60 Å². The molecule has 1 aromatic rings. The van der Waals surface area contributed by atoms with Crippen molar-refractivity contribution in [2.45, 2.75) is 39.0 Å². The predicted octanol–water partition coefficient (Wildman–Crippen LogP) is 0.726. The van der Waals surface area contributed by atoms with E-state index in [0.29, 0.717) is 6.54 Å². The molecule has 0 fully saturated rings. The first-order valence-corrected chi connectivity index (χ1v) is 4.71. The van der Waals surface area contributed by atoms with Gasteiger partial charge in [0, 0.05) is 18.8 Å². The standard InChI is InChI=1S/C10H17N3O/c1-8(10(2,3)14)12-6-9-4-5-11-7-13-9/h4-5,7-8,12,14H,6H2,1-3H3. The highest BCUT2D eigenvalue weighted by Gasteiger charge is 2.21. The third-order valence-electron chi connectivity index (χ3n) is 2.29. The van der Waals surface area contributed by atoms with Gasteiger partial charge < -0.3 is 10.4 Å². The summed E-state index contributed by atoms with van der Waals surface area (Å²) < 4.78 is 0. The van der Waals surface area contributed by atoms with Crippen LogP contribution in [0.2, 0.25) is 0 Å². The van der Waals surface area contributed by atoms with Crippen LogP contribution >= 0.6 is 0 Å². The van der Waals surface area contributed by atoms with Gasteiger partial charge in [-0.2, -0.15) is 0 Å². The van der Waals surface area contributed by atoms with E-state index in [1.807, 2.05) is 13.0 Å². The lowest BCUT2D eigenvalue weighted by atomic mass is 10.0. The minimum atomic E-state index is -0.715. The molecular formula is C10H17N3O. The van der Waals surface area contributed by atoms with Crippen molar-refractivity contribution in [2.24, 2.45) is 0 Å². The molecule has 0 aliphatic rings. The quantitative estimate of drug-likeness (QED) is 0.743. The van der Waals surface area contributed by atoms with Gasteiger partial charge in [0.25, 0.3) is 0 Å². The van der Waals surface area contributed by atoms with Gasteiger partial charge in [-0.25, -0.2) is 9.97 Å². The van der Waals surface area contributed by atoms with Crippen molar-refractivity contribution in [2.75, 3.05) is 0 Å². The molecule has 0 saturated heterocycles. The zero-order valence-electron chi connectivity index (χ0n) is 8.86. The normalized spacial score (nSPS) is 14.0. The molecule has 0 saturated carbocycles. The molecule has 0 aromatic carbocycles. The summed E-state index contributed by atoms with van der Waals surface area (Å²) in [5.74, 6) is 0. The van der Waals surface area contributed by atoms with Crippen LogP contribution < -0.4 is 5.32 Å². The number of hydrogen-bond acceptors (Lipinski definition) is 4. The Morgan fingerprint density at radius 1 is 1.57 bits per heavy atom. The number of nitrogens with one attached hydrogen (secondary N) is 1. The number of rotatable bonds is 4. The Bertz CT molecular complexity index is 268. The van der Waals surface area contributed by atoms with Gasteiger partial charge in [0.15, 0.2) is 0 Å². The molecule has 1 rings (SSSR count). The SMILES string of the molecule is CC(NCc1ccncn1)C(C)(C)O. The third kappa shape index (κ3) is 3.40. The molecule has 4 heteroatoms. The molecule has 1 aromatic heterocycles. The van der Waals surface area contributed by atoms with E-state index in [2.05, 4.69) is 15.3 Å². The minimum Gasteiger partial charge on any atom is -0.389 e. The van der Waals surface area contributed by atoms with Crippen molar-refractivity contribution in [1.29, 1.82) is 0 Å². The maximum atomic E-state index is 9.67. The van der Waals surface area contributed by atoms with Gasteiger partial charge in [-0.1, -0.05) is 0 Å². The highest BCUT2D eigenvalue weighted by atomic mass is 16.3. The Labute approximate surface area is 84.4 Å². The molecule has 1 atom stereocenters. The van der Waals surface area contributed by atoms with Crippen LogP contribution in [0.4, 0.5) is 0 Å². The molecule has 14 heavy (non-hydrogen) atoms. The van der Waals surface area contributed by atoms with E-state index in [0.717, 1.165) is 5.69 Å². The topological polar surface area (TPSA) is 58.0 Å². The maximum absolute atomic E-state index is 9.67. The van der Waals surface area contributed by atoms with Crippen molar-refractivity contribution in [3.63, 3.8) is 0 Å². The number of aromatic nitrogens is 2. The van der Waals surface area contributed by atoms with Gasteiger partial charge in [-0.05, 0) is 26.8 Å². The number of aliphatic hydroxyl groups is 1. The minimum absolute atomic E-state index is 0.0254. The molecule has 0 amide bonds. The Hall–Kier alpha value is -1.00. The second-order valence-electron chi connectivity index (χ2n) is 3.96. The fourth-order valence-corrected chi connectivity index (χ4v) is 0.930. The summed E-state index contributed by atoms with van der Waals surface area (Å²) in [7, 11) is 0. The van der Waals surface area contributed by atoms with Crippen LogP contribution in [0, 0.1) is 0 Å². The molecular weight excluding hydrogens is 178 g/mol. The Morgan fingerprint density at radius 3 is 2.79 bits per heavy atom. The highest BCUT2D eigenvalue weighted by Crippen LogP contribution is 2.07. The molecule has 4 nitrogen and oxygen atoms in total. The van der Waals surface area contributed by atoms with Gasteiger partial charge in [0.05, 0.1) is 11.3 Å². The van der Waals surface area contributed by atoms with Gasteiger partial charge in [0.1, 0.15) is 6.33 Å². The number of nitrogens with zero attached hydrogens (tertiary/aromatic N) is 2. The highest BCUT2D eigenvalue weighted by molar-refractivity contribution is 4.97. The smallest absolute Gasteiger partial charge is 0.115 e. The lowest BCUT2D eigenvalue weighted by Gasteiger charge is -2.26. The average molecular weight is 195 g/mol. The van der Waals surface area contributed by atoms with Crippen LogP contribution in [0.25, 0.3) is 0 Å². The maximum Gasteiger partial charge on any atom is 0.115 e. The molecule has 78 valence electrons. The summed E-state index contributed by atoms with van der Waals surface area (Å²) in [4.78, 5) is 7.91. The second kappa shape index (κ2) is 4.48. The van der Waals surface area contributed by atoms with Crippen molar-refractivity contribution in [1.82, 2.24) is 15.3 Å². The fourth-order valence-electron chi connectivity index (χ4n) is 0.930. The molecule has 0 radical (unpaired) electrons. The summed E-state index contributed by atoms with van der Waals surface area (Å²) in [5.41, 5.74) is 0.212. The van der Waals surface area contributed by atoms with E-state index >= 15 is 0 Å². The predicted molar refractivity (Wildman–Crippen MR) is 54.6 cm³/mol. The van der Waals surface area contributed by atoms with Gasteiger partial charge in [0.2, 0.25) is 0 Å². The average Bonchev–Trinajstić information content (AvgIpc) is 2.14. The Morgan fingerprint density at radius 2 is 2.29 bits per heavy atom. The molecule has 0 aliphatic carbocycles. The Balaban J connectivity index is 2.42. The third-order valence-corrected chi connectivity index (χ3v) is 2.29. The van der Waals surface area contributed by atoms with Crippen molar-refractivity contribution < 1.29 is 5.11 Å². The summed E-state index contributed by atoms with van der Waals surface area (Å²) in [6.07, 6.45) is 3.23. The van der Waals surface area contributed by atoms with Gasteiger partial charge in [-0.3, -0.25) is 0 Å². The van der Waals surface area contributed by atoms with Crippen LogP contribution in [-0.2, 0) is 6.54 Å². The van der Waals surface area contributed by atoms with Gasteiger partial charge >= 0.3 is 0 Å². The van der Waals surface area contributed by atoms with Crippen LogP contribution in [0.1, 0.15) is 26.5 Å². The van der Waals surface area contributed by atoms with E-state index in [9.17, 15) is 5.11 Å². The first kappa shape index (κ1) is 11.1. The summed E-state index contributed by atoms with van der Waals surface area (Å²) >= 11 is 0. The van der Waals surface area contributed by atoms with E-state index in [1.54, 1.807) is 20.0 Å². The largest absolute Gasteiger partial charge is 0.389 e. The lowest BCUT2D eigenvalue weighted by Crippen LogP contribution is -2.44.